The molecular formula is C10H16N2O3. The molecule has 0 saturated carbocycles. The molecule has 0 bridgehead atoms. The zero-order chi connectivity index (χ0) is 11.8. The lowest BCUT2D eigenvalue weighted by Gasteiger charge is -2.36. The fourth-order valence-electron chi connectivity index (χ4n) is 1.63. The largest absolute Gasteiger partial charge is 0.319 e. The monoisotopic (exact) mass is 212 g/mol. The molecule has 1 fully saturated rings. The Morgan fingerprint density at radius 2 is 2.07 bits per heavy atom. The highest BCUT2D eigenvalue weighted by atomic mass is 16.2. The summed E-state index contributed by atoms with van der Waals surface area (Å²) in [6, 6.07) is -0.754. The summed E-state index contributed by atoms with van der Waals surface area (Å²) in [4.78, 5) is 35.1. The van der Waals surface area contributed by atoms with Gasteiger partial charge in [-0.05, 0) is 13.8 Å². The topological polar surface area (TPSA) is 80.5 Å². The van der Waals surface area contributed by atoms with Gasteiger partial charge in [-0.1, -0.05) is 6.92 Å². The Morgan fingerprint density at radius 3 is 2.40 bits per heavy atom. The number of aldehydes is 1. The van der Waals surface area contributed by atoms with Crippen molar-refractivity contribution in [1.29, 1.82) is 0 Å². The van der Waals surface area contributed by atoms with Crippen LogP contribution in [-0.2, 0) is 14.4 Å². The maximum absolute atomic E-state index is 11.6. The van der Waals surface area contributed by atoms with E-state index >= 15 is 0 Å². The van der Waals surface area contributed by atoms with Crippen molar-refractivity contribution in [2.75, 3.05) is 0 Å². The van der Waals surface area contributed by atoms with Crippen molar-refractivity contribution in [3.8, 4) is 0 Å². The van der Waals surface area contributed by atoms with Crippen molar-refractivity contribution in [2.45, 2.75) is 38.8 Å². The van der Waals surface area contributed by atoms with Gasteiger partial charge in [0.2, 0.25) is 11.8 Å². The molecule has 1 saturated heterocycles. The average Bonchev–Trinajstić information content (AvgIpc) is 2.40. The number of carbonyl (C=O) groups excluding carboxylic acids is 3. The molecule has 2 amide bonds. The predicted octanol–water partition coefficient (Wildman–Crippen LogP) is -0.314. The minimum absolute atomic E-state index is 0.0356. The molecular weight excluding hydrogens is 196 g/mol. The molecule has 1 heterocycles. The summed E-state index contributed by atoms with van der Waals surface area (Å²) in [5.74, 6) is -1.10. The van der Waals surface area contributed by atoms with Crippen LogP contribution in [-0.4, -0.2) is 34.6 Å². The molecule has 0 spiro atoms. The lowest BCUT2D eigenvalue weighted by atomic mass is 9.88. The Morgan fingerprint density at radius 1 is 1.53 bits per heavy atom. The van der Waals surface area contributed by atoms with Crippen LogP contribution < -0.4 is 5.73 Å². The van der Waals surface area contributed by atoms with Crippen molar-refractivity contribution in [3.05, 3.63) is 0 Å². The first-order chi connectivity index (χ1) is 6.82. The first kappa shape index (κ1) is 11.8. The molecule has 0 aromatic rings. The fourth-order valence-corrected chi connectivity index (χ4v) is 1.63. The van der Waals surface area contributed by atoms with Gasteiger partial charge in [-0.15, -0.1) is 0 Å². The van der Waals surface area contributed by atoms with Crippen LogP contribution in [0.2, 0.25) is 0 Å². The van der Waals surface area contributed by atoms with E-state index in [4.69, 9.17) is 5.73 Å². The zero-order valence-electron chi connectivity index (χ0n) is 9.19. The van der Waals surface area contributed by atoms with Gasteiger partial charge in [-0.25, -0.2) is 0 Å². The van der Waals surface area contributed by atoms with Gasteiger partial charge in [0.25, 0.3) is 0 Å². The Hall–Kier alpha value is -1.23. The Balaban J connectivity index is 3.01. The molecule has 2 N–H and O–H groups in total. The normalized spacial score (nSPS) is 24.5. The number of nitrogens with two attached hydrogens (primary N) is 1. The summed E-state index contributed by atoms with van der Waals surface area (Å²) in [6.45, 7) is 5.07. The van der Waals surface area contributed by atoms with Crippen molar-refractivity contribution >= 4 is 18.1 Å². The number of hydrogen-bond acceptors (Lipinski definition) is 4. The summed E-state index contributed by atoms with van der Waals surface area (Å²) < 4.78 is 0. The molecule has 0 radical (unpaired) electrons. The molecule has 1 aliphatic rings. The lowest BCUT2D eigenvalue weighted by molar-refractivity contribution is -0.147. The molecule has 0 aromatic heterocycles. The zero-order valence-corrected chi connectivity index (χ0v) is 9.19. The second-order valence-electron chi connectivity index (χ2n) is 4.46. The molecule has 1 rings (SSSR count). The molecule has 1 aliphatic heterocycles. The smallest absolute Gasteiger partial charge is 0.247 e. The van der Waals surface area contributed by atoms with Crippen LogP contribution >= 0.6 is 0 Å². The van der Waals surface area contributed by atoms with E-state index in [0.29, 0.717) is 0 Å². The molecule has 5 heteroatoms. The predicted molar refractivity (Wildman–Crippen MR) is 53.8 cm³/mol. The van der Waals surface area contributed by atoms with Gasteiger partial charge in [0.05, 0.1) is 18.0 Å². The average molecular weight is 212 g/mol. The van der Waals surface area contributed by atoms with E-state index in [2.05, 4.69) is 0 Å². The second kappa shape index (κ2) is 3.73. The number of hydrogen-bond donors (Lipinski definition) is 1. The summed E-state index contributed by atoms with van der Waals surface area (Å²) in [6.07, 6.45) is 0.776. The number of imide groups is 1. The Labute approximate surface area is 88.6 Å². The minimum Gasteiger partial charge on any atom is -0.319 e. The number of carbonyl (C=O) groups is 3. The summed E-state index contributed by atoms with van der Waals surface area (Å²) in [5, 5.41) is 0. The second-order valence-corrected chi connectivity index (χ2v) is 4.46. The van der Waals surface area contributed by atoms with E-state index in [-0.39, 0.29) is 12.3 Å². The third kappa shape index (κ3) is 1.79. The molecule has 0 aliphatic carbocycles. The third-order valence-electron chi connectivity index (χ3n) is 3.08. The number of amides is 2. The molecule has 0 aromatic carbocycles. The summed E-state index contributed by atoms with van der Waals surface area (Å²) >= 11 is 0. The van der Waals surface area contributed by atoms with Crippen LogP contribution in [0.1, 0.15) is 27.2 Å². The van der Waals surface area contributed by atoms with E-state index in [9.17, 15) is 14.4 Å². The van der Waals surface area contributed by atoms with Crippen LogP contribution in [0.4, 0.5) is 0 Å². The van der Waals surface area contributed by atoms with Gasteiger partial charge in [-0.3, -0.25) is 14.5 Å². The maximum Gasteiger partial charge on any atom is 0.247 e. The van der Waals surface area contributed by atoms with Crippen LogP contribution in [0.3, 0.4) is 0 Å². The molecule has 2 atom stereocenters. The van der Waals surface area contributed by atoms with Crippen LogP contribution in [0.5, 0.6) is 0 Å². The Bertz CT molecular complexity index is 312. The summed E-state index contributed by atoms with van der Waals surface area (Å²) in [5.41, 5.74) is 4.70. The number of likely N-dealkylation sites (tertiary alicyclic amines) is 1. The van der Waals surface area contributed by atoms with E-state index in [1.54, 1.807) is 20.8 Å². The molecule has 2 unspecified atom stereocenters. The van der Waals surface area contributed by atoms with Crippen molar-refractivity contribution in [3.63, 3.8) is 0 Å². The van der Waals surface area contributed by atoms with Gasteiger partial charge < -0.3 is 10.5 Å². The van der Waals surface area contributed by atoms with Crippen LogP contribution in [0.15, 0.2) is 0 Å². The van der Waals surface area contributed by atoms with Gasteiger partial charge in [0.15, 0.2) is 0 Å². The number of rotatable bonds is 3. The van der Waals surface area contributed by atoms with Crippen molar-refractivity contribution in [1.82, 2.24) is 4.90 Å². The van der Waals surface area contributed by atoms with Crippen LogP contribution in [0.25, 0.3) is 0 Å². The standard InChI is InChI=1S/C10H16N2O3/c1-6(5-13)10(2,3)12-8(14)4-7(11)9(12)15/h5-7H,4,11H2,1-3H3. The van der Waals surface area contributed by atoms with E-state index < -0.39 is 23.4 Å². The SMILES string of the molecule is CC(C=O)C(C)(C)N1C(=O)CC(N)C1=O. The Kier molecular flexibility index (Phi) is 2.95. The van der Waals surface area contributed by atoms with Gasteiger partial charge >= 0.3 is 0 Å². The van der Waals surface area contributed by atoms with Gasteiger partial charge in [0.1, 0.15) is 6.29 Å². The highest BCUT2D eigenvalue weighted by Crippen LogP contribution is 2.28. The van der Waals surface area contributed by atoms with Gasteiger partial charge in [0, 0.05) is 5.92 Å². The highest BCUT2D eigenvalue weighted by Gasteiger charge is 2.46. The first-order valence-electron chi connectivity index (χ1n) is 4.90. The van der Waals surface area contributed by atoms with E-state index in [0.717, 1.165) is 11.2 Å². The van der Waals surface area contributed by atoms with E-state index in [1.165, 1.54) is 0 Å². The quantitative estimate of drug-likeness (QED) is 0.514. The van der Waals surface area contributed by atoms with Crippen LogP contribution in [0, 0.1) is 5.92 Å². The van der Waals surface area contributed by atoms with Gasteiger partial charge in [-0.2, -0.15) is 0 Å². The lowest BCUT2D eigenvalue weighted by Crippen LogP contribution is -2.53. The van der Waals surface area contributed by atoms with Crippen molar-refractivity contribution in [2.24, 2.45) is 11.7 Å². The minimum atomic E-state index is -0.802. The number of nitrogens with zero attached hydrogens (tertiary/aromatic N) is 1. The molecule has 84 valence electrons. The highest BCUT2D eigenvalue weighted by molar-refractivity contribution is 6.06. The first-order valence-corrected chi connectivity index (χ1v) is 4.90. The van der Waals surface area contributed by atoms with Crippen molar-refractivity contribution < 1.29 is 14.4 Å². The maximum atomic E-state index is 11.6. The third-order valence-corrected chi connectivity index (χ3v) is 3.08. The summed E-state index contributed by atoms with van der Waals surface area (Å²) in [7, 11) is 0. The fraction of sp³-hybridized carbons (Fsp3) is 0.700. The van der Waals surface area contributed by atoms with E-state index in [1.807, 2.05) is 0 Å². The molecule has 5 nitrogen and oxygen atoms in total. The molecule has 15 heavy (non-hydrogen) atoms.